The van der Waals surface area contributed by atoms with Gasteiger partial charge in [0.05, 0.1) is 0 Å². The molecule has 0 heterocycles. The quantitative estimate of drug-likeness (QED) is 0.0262. The Kier molecular flexibility index (Phi) is 54.2. The summed E-state index contributed by atoms with van der Waals surface area (Å²) < 4.78 is 16.8. The fourth-order valence-corrected chi connectivity index (χ4v) is 8.65. The maximum atomic E-state index is 12.8. The zero-order chi connectivity index (χ0) is 48.6. The first-order chi connectivity index (χ1) is 33.0. The summed E-state index contributed by atoms with van der Waals surface area (Å²) in [5.41, 5.74) is 0. The molecule has 6 heteroatoms. The molecule has 0 aromatic heterocycles. The lowest BCUT2D eigenvalue weighted by Gasteiger charge is -2.18. The highest BCUT2D eigenvalue weighted by Crippen LogP contribution is 2.16. The summed E-state index contributed by atoms with van der Waals surface area (Å²) in [7, 11) is 0. The van der Waals surface area contributed by atoms with Crippen LogP contribution in [0, 0.1) is 0 Å². The topological polar surface area (TPSA) is 78.9 Å². The van der Waals surface area contributed by atoms with Crippen LogP contribution in [0.3, 0.4) is 0 Å². The molecule has 0 amide bonds. The molecule has 0 bridgehead atoms. The van der Waals surface area contributed by atoms with Crippen LogP contribution in [0.2, 0.25) is 0 Å². The van der Waals surface area contributed by atoms with Crippen molar-refractivity contribution >= 4 is 17.9 Å². The lowest BCUT2D eigenvalue weighted by Crippen LogP contribution is -2.30. The van der Waals surface area contributed by atoms with Crippen LogP contribution in [0.4, 0.5) is 0 Å². The largest absolute Gasteiger partial charge is 0.462 e. The predicted octanol–water partition coefficient (Wildman–Crippen LogP) is 19.7. The summed E-state index contributed by atoms with van der Waals surface area (Å²) in [5, 5.41) is 0. The Bertz CT molecular complexity index is 1130. The maximum Gasteiger partial charge on any atom is 0.306 e. The Morgan fingerprint density at radius 3 is 0.866 bits per heavy atom. The third-order valence-corrected chi connectivity index (χ3v) is 13.1. The molecule has 0 saturated carbocycles. The molecular formula is C61H112O6. The highest BCUT2D eigenvalue weighted by molar-refractivity contribution is 5.71. The van der Waals surface area contributed by atoms with Gasteiger partial charge in [-0.25, -0.2) is 0 Å². The van der Waals surface area contributed by atoms with Gasteiger partial charge in [-0.3, -0.25) is 14.4 Å². The summed E-state index contributed by atoms with van der Waals surface area (Å²) in [6, 6.07) is 0. The average Bonchev–Trinajstić information content (AvgIpc) is 3.33. The van der Waals surface area contributed by atoms with Crippen molar-refractivity contribution in [2.75, 3.05) is 13.2 Å². The molecule has 0 fully saturated rings. The van der Waals surface area contributed by atoms with E-state index in [9.17, 15) is 14.4 Å². The number of carbonyl (C=O) groups excluding carboxylic acids is 3. The predicted molar refractivity (Wildman–Crippen MR) is 289 cm³/mol. The Hall–Kier alpha value is -2.37. The molecule has 0 aliphatic rings. The molecule has 67 heavy (non-hydrogen) atoms. The molecule has 1 unspecified atom stereocenters. The van der Waals surface area contributed by atoms with E-state index in [1.807, 2.05) is 0 Å². The van der Waals surface area contributed by atoms with Gasteiger partial charge in [-0.1, -0.05) is 256 Å². The van der Waals surface area contributed by atoms with Crippen molar-refractivity contribution in [3.63, 3.8) is 0 Å². The van der Waals surface area contributed by atoms with E-state index in [0.29, 0.717) is 19.3 Å². The van der Waals surface area contributed by atoms with Crippen LogP contribution < -0.4 is 0 Å². The average molecular weight is 942 g/mol. The van der Waals surface area contributed by atoms with E-state index in [1.54, 1.807) is 0 Å². The van der Waals surface area contributed by atoms with Crippen LogP contribution in [0.25, 0.3) is 0 Å². The van der Waals surface area contributed by atoms with Gasteiger partial charge in [-0.2, -0.15) is 0 Å². The Morgan fingerprint density at radius 1 is 0.299 bits per heavy atom. The lowest BCUT2D eigenvalue weighted by molar-refractivity contribution is -0.167. The number of hydrogen-bond acceptors (Lipinski definition) is 6. The minimum absolute atomic E-state index is 0.0746. The second kappa shape index (κ2) is 56.2. The number of allylic oxidation sites excluding steroid dienone is 6. The second-order valence-corrected chi connectivity index (χ2v) is 19.9. The van der Waals surface area contributed by atoms with Crippen LogP contribution in [0.1, 0.15) is 316 Å². The van der Waals surface area contributed by atoms with Crippen LogP contribution in [0.5, 0.6) is 0 Å². The van der Waals surface area contributed by atoms with Crippen molar-refractivity contribution in [3.05, 3.63) is 36.5 Å². The zero-order valence-electron chi connectivity index (χ0n) is 44.9. The zero-order valence-corrected chi connectivity index (χ0v) is 44.9. The first-order valence-electron chi connectivity index (χ1n) is 29.5. The minimum atomic E-state index is -0.775. The number of hydrogen-bond donors (Lipinski definition) is 0. The Morgan fingerprint density at radius 2 is 0.537 bits per heavy atom. The molecule has 0 aromatic rings. The summed E-state index contributed by atoms with van der Waals surface area (Å²) >= 11 is 0. The van der Waals surface area contributed by atoms with E-state index in [4.69, 9.17) is 14.2 Å². The molecular weight excluding hydrogens is 829 g/mol. The van der Waals surface area contributed by atoms with Crippen LogP contribution >= 0.6 is 0 Å². The van der Waals surface area contributed by atoms with Gasteiger partial charge >= 0.3 is 17.9 Å². The number of ether oxygens (including phenoxy) is 3. The summed E-state index contributed by atoms with van der Waals surface area (Å²) in [5.74, 6) is -0.876. The molecule has 0 N–H and O–H groups in total. The Balaban J connectivity index is 4.17. The fourth-order valence-electron chi connectivity index (χ4n) is 8.65. The van der Waals surface area contributed by atoms with Crippen molar-refractivity contribution in [2.45, 2.75) is 322 Å². The van der Waals surface area contributed by atoms with E-state index in [0.717, 1.165) is 83.5 Å². The van der Waals surface area contributed by atoms with Crippen LogP contribution in [-0.2, 0) is 28.6 Å². The van der Waals surface area contributed by atoms with Gasteiger partial charge in [0.1, 0.15) is 13.2 Å². The molecule has 6 nitrogen and oxygen atoms in total. The molecule has 0 saturated heterocycles. The van der Waals surface area contributed by atoms with Crippen LogP contribution in [-0.4, -0.2) is 37.2 Å². The smallest absolute Gasteiger partial charge is 0.306 e. The molecule has 0 spiro atoms. The van der Waals surface area contributed by atoms with Gasteiger partial charge in [0.15, 0.2) is 6.10 Å². The molecule has 0 radical (unpaired) electrons. The van der Waals surface area contributed by atoms with Gasteiger partial charge in [0.2, 0.25) is 0 Å². The minimum Gasteiger partial charge on any atom is -0.462 e. The van der Waals surface area contributed by atoms with E-state index in [2.05, 4.69) is 57.2 Å². The van der Waals surface area contributed by atoms with Gasteiger partial charge in [0, 0.05) is 19.3 Å². The van der Waals surface area contributed by atoms with Crippen molar-refractivity contribution < 1.29 is 28.6 Å². The van der Waals surface area contributed by atoms with E-state index in [1.165, 1.54) is 193 Å². The Labute approximate surface area is 416 Å². The molecule has 0 aliphatic heterocycles. The van der Waals surface area contributed by atoms with Crippen molar-refractivity contribution in [1.29, 1.82) is 0 Å². The number of esters is 3. The molecule has 0 rings (SSSR count). The fraction of sp³-hybridized carbons (Fsp3) is 0.852. The SMILES string of the molecule is CCCCC/C=C\C/C=C\CCCCCCCC(=O)OC(COC(=O)CCCCCCCCCCC)COC(=O)CCCCCCCCCCCCCCC/C=C\CCCCCCCCCC. The summed E-state index contributed by atoms with van der Waals surface area (Å²) in [6.07, 6.45) is 67.3. The van der Waals surface area contributed by atoms with Crippen molar-refractivity contribution in [2.24, 2.45) is 0 Å². The van der Waals surface area contributed by atoms with E-state index in [-0.39, 0.29) is 31.1 Å². The third-order valence-electron chi connectivity index (χ3n) is 13.1. The van der Waals surface area contributed by atoms with Gasteiger partial charge in [0.25, 0.3) is 0 Å². The monoisotopic (exact) mass is 941 g/mol. The summed E-state index contributed by atoms with van der Waals surface area (Å²) in [6.45, 7) is 6.62. The lowest BCUT2D eigenvalue weighted by atomic mass is 10.0. The number of carbonyl (C=O) groups is 3. The van der Waals surface area contributed by atoms with Gasteiger partial charge in [-0.05, 0) is 77.0 Å². The normalized spacial score (nSPS) is 12.2. The molecule has 1 atom stereocenters. The van der Waals surface area contributed by atoms with Gasteiger partial charge < -0.3 is 14.2 Å². The second-order valence-electron chi connectivity index (χ2n) is 19.9. The van der Waals surface area contributed by atoms with Crippen molar-refractivity contribution in [3.8, 4) is 0 Å². The number of unbranched alkanes of at least 4 members (excludes halogenated alkanes) is 37. The highest BCUT2D eigenvalue weighted by Gasteiger charge is 2.19. The molecule has 392 valence electrons. The third kappa shape index (κ3) is 54.4. The first-order valence-corrected chi connectivity index (χ1v) is 29.5. The van der Waals surface area contributed by atoms with E-state index >= 15 is 0 Å². The standard InChI is InChI=1S/C61H112O6/c1-4-7-10-13-16-19-21-23-25-26-27-28-29-30-31-32-33-34-36-37-39-42-45-48-51-54-60(63)66-57-58(56-65-59(62)53-50-47-44-41-18-15-12-9-6-3)67-61(64)55-52-49-46-43-40-38-35-24-22-20-17-14-11-8-5-2/h17,20,24,26-27,35,58H,4-16,18-19,21-23,25,28-34,36-57H2,1-3H3/b20-17-,27-26-,35-24-. The van der Waals surface area contributed by atoms with Crippen molar-refractivity contribution in [1.82, 2.24) is 0 Å². The summed E-state index contributed by atoms with van der Waals surface area (Å²) in [4.78, 5) is 38.0. The van der Waals surface area contributed by atoms with Crippen LogP contribution in [0.15, 0.2) is 36.5 Å². The van der Waals surface area contributed by atoms with E-state index < -0.39 is 6.10 Å². The maximum absolute atomic E-state index is 12.8. The first kappa shape index (κ1) is 64.6. The highest BCUT2D eigenvalue weighted by atomic mass is 16.6. The molecule has 0 aromatic carbocycles. The molecule has 0 aliphatic carbocycles. The van der Waals surface area contributed by atoms with Gasteiger partial charge in [-0.15, -0.1) is 0 Å². The number of rotatable bonds is 54.